The maximum atomic E-state index is 2.95. The quantitative estimate of drug-likeness (QED) is 0.682. The van der Waals surface area contributed by atoms with Gasteiger partial charge in [-0.1, -0.05) is 6.92 Å². The molecule has 0 saturated carbocycles. The van der Waals surface area contributed by atoms with E-state index in [1.165, 1.54) is 51.6 Å². The van der Waals surface area contributed by atoms with Crippen molar-refractivity contribution in [3.05, 3.63) is 0 Å². The first-order valence-corrected chi connectivity index (χ1v) is 11.6. The van der Waals surface area contributed by atoms with E-state index in [2.05, 4.69) is 63.2 Å². The van der Waals surface area contributed by atoms with E-state index >= 15 is 0 Å². The van der Waals surface area contributed by atoms with Crippen molar-refractivity contribution in [2.45, 2.75) is 129 Å². The smallest absolute Gasteiger partial charge is 0.0257 e. The minimum absolute atomic E-state index is 0.674. The third kappa shape index (κ3) is 4.15. The van der Waals surface area contributed by atoms with Crippen LogP contribution < -0.4 is 0 Å². The minimum Gasteiger partial charge on any atom is -0.298 e. The van der Waals surface area contributed by atoms with Gasteiger partial charge >= 0.3 is 0 Å². The average Bonchev–Trinajstić information content (AvgIpc) is 3.24. The predicted octanol–water partition coefficient (Wildman–Crippen LogP) is 4.61. The van der Waals surface area contributed by atoms with Crippen LogP contribution in [0, 0.1) is 5.92 Å². The Hall–Kier alpha value is -0.120. The van der Waals surface area contributed by atoms with Crippen molar-refractivity contribution >= 4 is 0 Å². The molecule has 3 heterocycles. The van der Waals surface area contributed by atoms with Crippen LogP contribution in [0.25, 0.3) is 0 Å². The Labute approximate surface area is 163 Å². The fraction of sp³-hybridized carbons (Fsp3) is 1.00. The maximum absolute atomic E-state index is 2.95. The molecule has 3 nitrogen and oxygen atoms in total. The van der Waals surface area contributed by atoms with E-state index in [1.807, 2.05) is 0 Å². The molecule has 3 aliphatic heterocycles. The van der Waals surface area contributed by atoms with Gasteiger partial charge in [-0.3, -0.25) is 14.7 Å². The van der Waals surface area contributed by atoms with E-state index in [1.54, 1.807) is 0 Å². The van der Waals surface area contributed by atoms with Crippen LogP contribution in [-0.2, 0) is 0 Å². The van der Waals surface area contributed by atoms with Crippen LogP contribution in [0.2, 0.25) is 0 Å². The topological polar surface area (TPSA) is 9.72 Å². The molecule has 5 unspecified atom stereocenters. The van der Waals surface area contributed by atoms with E-state index in [0.29, 0.717) is 18.1 Å². The standard InChI is InChI=1S/C23H45N3/c1-16(2)24-12-8-9-22(24)23-11-10-20(26(23)18(5)6)14-21-13-19(7)15-25(21)17(3)4/h16-23H,8-15H2,1-7H3. The lowest BCUT2D eigenvalue weighted by Gasteiger charge is -2.42. The van der Waals surface area contributed by atoms with Gasteiger partial charge in [-0.2, -0.15) is 0 Å². The first-order valence-electron chi connectivity index (χ1n) is 11.6. The molecule has 3 heteroatoms. The molecule has 3 rings (SSSR count). The van der Waals surface area contributed by atoms with Crippen LogP contribution >= 0.6 is 0 Å². The monoisotopic (exact) mass is 363 g/mol. The van der Waals surface area contributed by atoms with Crippen LogP contribution in [0.1, 0.15) is 87.0 Å². The normalized spacial score (nSPS) is 37.8. The van der Waals surface area contributed by atoms with Gasteiger partial charge < -0.3 is 0 Å². The molecule has 0 radical (unpaired) electrons. The van der Waals surface area contributed by atoms with Crippen LogP contribution in [0.5, 0.6) is 0 Å². The SMILES string of the molecule is CC1CC(CC2CCC(C3CCCN3C(C)C)N2C(C)C)N(C(C)C)C1. The molecule has 5 atom stereocenters. The van der Waals surface area contributed by atoms with Crippen molar-refractivity contribution in [1.82, 2.24) is 14.7 Å². The molecule has 0 aliphatic carbocycles. The van der Waals surface area contributed by atoms with E-state index in [-0.39, 0.29) is 0 Å². The summed E-state index contributed by atoms with van der Waals surface area (Å²) in [5, 5.41) is 0. The molecule has 0 amide bonds. The fourth-order valence-electron chi connectivity index (χ4n) is 6.60. The highest BCUT2D eigenvalue weighted by atomic mass is 15.3. The van der Waals surface area contributed by atoms with E-state index < -0.39 is 0 Å². The minimum atomic E-state index is 0.674. The molecule has 0 N–H and O–H groups in total. The van der Waals surface area contributed by atoms with Gasteiger partial charge in [0, 0.05) is 48.8 Å². The summed E-state index contributed by atoms with van der Waals surface area (Å²) in [7, 11) is 0. The van der Waals surface area contributed by atoms with Gasteiger partial charge in [0.1, 0.15) is 0 Å². The number of hydrogen-bond acceptors (Lipinski definition) is 3. The molecule has 0 aromatic rings. The third-order valence-electron chi connectivity index (χ3n) is 7.52. The van der Waals surface area contributed by atoms with Gasteiger partial charge in [0.15, 0.2) is 0 Å². The van der Waals surface area contributed by atoms with Gasteiger partial charge in [0.2, 0.25) is 0 Å². The largest absolute Gasteiger partial charge is 0.298 e. The Balaban J connectivity index is 1.71. The fourth-order valence-corrected chi connectivity index (χ4v) is 6.60. The molecule has 3 aliphatic rings. The van der Waals surface area contributed by atoms with Gasteiger partial charge in [0.25, 0.3) is 0 Å². The van der Waals surface area contributed by atoms with Crippen LogP contribution in [0.4, 0.5) is 0 Å². The van der Waals surface area contributed by atoms with Gasteiger partial charge in [-0.15, -0.1) is 0 Å². The Bertz CT molecular complexity index is 447. The second-order valence-corrected chi connectivity index (χ2v) is 10.4. The Kier molecular flexibility index (Phi) is 6.73. The van der Waals surface area contributed by atoms with Gasteiger partial charge in [-0.25, -0.2) is 0 Å². The van der Waals surface area contributed by atoms with Crippen molar-refractivity contribution < 1.29 is 0 Å². The Morgan fingerprint density at radius 2 is 1.46 bits per heavy atom. The summed E-state index contributed by atoms with van der Waals surface area (Å²) in [5.74, 6) is 0.873. The van der Waals surface area contributed by atoms with Crippen LogP contribution in [-0.4, -0.2) is 70.1 Å². The van der Waals surface area contributed by atoms with E-state index in [9.17, 15) is 0 Å². The third-order valence-corrected chi connectivity index (χ3v) is 7.52. The van der Waals surface area contributed by atoms with Crippen molar-refractivity contribution in [3.63, 3.8) is 0 Å². The lowest BCUT2D eigenvalue weighted by molar-refractivity contribution is 0.0570. The van der Waals surface area contributed by atoms with Crippen molar-refractivity contribution in [1.29, 1.82) is 0 Å². The Morgan fingerprint density at radius 3 is 2.08 bits per heavy atom. The molecule has 3 fully saturated rings. The lowest BCUT2D eigenvalue weighted by atomic mass is 9.99. The van der Waals surface area contributed by atoms with E-state index in [0.717, 1.165) is 30.1 Å². The number of likely N-dealkylation sites (tertiary alicyclic amines) is 3. The summed E-state index contributed by atoms with van der Waals surface area (Å²) < 4.78 is 0. The molecule has 3 saturated heterocycles. The zero-order chi connectivity index (χ0) is 19.0. The van der Waals surface area contributed by atoms with Gasteiger partial charge in [-0.05, 0) is 92.5 Å². The zero-order valence-corrected chi connectivity index (χ0v) is 18.6. The average molecular weight is 364 g/mol. The summed E-state index contributed by atoms with van der Waals surface area (Å²) >= 11 is 0. The molecule has 0 aromatic heterocycles. The summed E-state index contributed by atoms with van der Waals surface area (Å²) in [5.41, 5.74) is 0. The summed E-state index contributed by atoms with van der Waals surface area (Å²) in [6, 6.07) is 5.25. The van der Waals surface area contributed by atoms with Crippen molar-refractivity contribution in [2.75, 3.05) is 13.1 Å². The number of hydrogen-bond donors (Lipinski definition) is 0. The molecule has 26 heavy (non-hydrogen) atoms. The molecule has 0 spiro atoms. The second kappa shape index (κ2) is 8.49. The first-order chi connectivity index (χ1) is 12.3. The Morgan fingerprint density at radius 1 is 0.769 bits per heavy atom. The van der Waals surface area contributed by atoms with E-state index in [4.69, 9.17) is 0 Å². The molecular formula is C23H45N3. The van der Waals surface area contributed by atoms with Crippen molar-refractivity contribution in [2.24, 2.45) is 5.92 Å². The molecule has 152 valence electrons. The molecular weight excluding hydrogens is 318 g/mol. The zero-order valence-electron chi connectivity index (χ0n) is 18.6. The summed E-state index contributed by atoms with van der Waals surface area (Å²) in [4.78, 5) is 8.56. The second-order valence-electron chi connectivity index (χ2n) is 10.4. The highest BCUT2D eigenvalue weighted by Gasteiger charge is 2.45. The number of nitrogens with zero attached hydrogens (tertiary/aromatic N) is 3. The van der Waals surface area contributed by atoms with Crippen molar-refractivity contribution in [3.8, 4) is 0 Å². The van der Waals surface area contributed by atoms with Crippen LogP contribution in [0.3, 0.4) is 0 Å². The lowest BCUT2D eigenvalue weighted by Crippen LogP contribution is -2.53. The number of rotatable bonds is 6. The summed E-state index contributed by atoms with van der Waals surface area (Å²) in [6.45, 7) is 19.5. The highest BCUT2D eigenvalue weighted by Crippen LogP contribution is 2.39. The first kappa shape index (κ1) is 20.6. The van der Waals surface area contributed by atoms with Crippen LogP contribution in [0.15, 0.2) is 0 Å². The van der Waals surface area contributed by atoms with Gasteiger partial charge in [0.05, 0.1) is 0 Å². The maximum Gasteiger partial charge on any atom is 0.0257 e. The molecule has 0 aromatic carbocycles. The predicted molar refractivity (Wildman–Crippen MR) is 113 cm³/mol. The molecule has 0 bridgehead atoms. The highest BCUT2D eigenvalue weighted by molar-refractivity contribution is 5.01. The summed E-state index contributed by atoms with van der Waals surface area (Å²) in [6.07, 6.45) is 8.45.